The molecule has 0 aromatic carbocycles. The second kappa shape index (κ2) is 4.70. The van der Waals surface area contributed by atoms with Gasteiger partial charge >= 0.3 is 0 Å². The average molecular weight is 241 g/mol. The van der Waals surface area contributed by atoms with E-state index in [2.05, 4.69) is 4.98 Å². The molecule has 2 rings (SSSR count). The smallest absolute Gasteiger partial charge is 0.240 e. The van der Waals surface area contributed by atoms with Gasteiger partial charge in [0.05, 0.1) is 19.3 Å². The first-order chi connectivity index (χ1) is 7.66. The molecule has 0 saturated carbocycles. The van der Waals surface area contributed by atoms with Crippen molar-refractivity contribution in [1.29, 1.82) is 0 Å². The summed E-state index contributed by atoms with van der Waals surface area (Å²) in [6, 6.07) is 3.67. The van der Waals surface area contributed by atoms with Crippen LogP contribution in [0.1, 0.15) is 6.92 Å². The van der Waals surface area contributed by atoms with E-state index in [1.54, 1.807) is 24.2 Å². The maximum Gasteiger partial charge on any atom is 0.240 e. The Morgan fingerprint density at radius 2 is 2.44 bits per heavy atom. The molecule has 0 aliphatic carbocycles. The maximum absolute atomic E-state index is 11.4. The number of hydrogen-bond acceptors (Lipinski definition) is 3. The van der Waals surface area contributed by atoms with Gasteiger partial charge in [-0.15, -0.1) is 11.6 Å². The van der Waals surface area contributed by atoms with Crippen molar-refractivity contribution in [1.82, 2.24) is 9.88 Å². The monoisotopic (exact) mass is 240 g/mol. The fraction of sp³-hybridized carbons (Fsp3) is 0.455. The van der Waals surface area contributed by atoms with Crippen LogP contribution >= 0.6 is 11.6 Å². The summed E-state index contributed by atoms with van der Waals surface area (Å²) in [5, 5.41) is -0.459. The number of halogens is 1. The van der Waals surface area contributed by atoms with Crippen molar-refractivity contribution in [2.24, 2.45) is 0 Å². The van der Waals surface area contributed by atoms with E-state index in [0.29, 0.717) is 13.1 Å². The molecule has 2 heterocycles. The second-order valence-corrected chi connectivity index (χ2v) is 4.44. The molecule has 0 spiro atoms. The summed E-state index contributed by atoms with van der Waals surface area (Å²) in [5.41, 5.74) is 0. The highest BCUT2D eigenvalue weighted by atomic mass is 35.5. The van der Waals surface area contributed by atoms with Crippen molar-refractivity contribution in [2.75, 3.05) is 13.1 Å². The molecule has 0 N–H and O–H groups in total. The van der Waals surface area contributed by atoms with E-state index in [4.69, 9.17) is 16.3 Å². The van der Waals surface area contributed by atoms with Crippen LogP contribution in [0.15, 0.2) is 24.5 Å². The van der Waals surface area contributed by atoms with Crippen LogP contribution in [-0.4, -0.2) is 40.4 Å². The Kier molecular flexibility index (Phi) is 3.29. The van der Waals surface area contributed by atoms with Gasteiger partial charge in [0, 0.05) is 6.20 Å². The van der Waals surface area contributed by atoms with Gasteiger partial charge in [0.25, 0.3) is 0 Å². The van der Waals surface area contributed by atoms with Gasteiger partial charge in [-0.25, -0.2) is 0 Å². The Bertz CT molecular complexity index is 364. The van der Waals surface area contributed by atoms with Gasteiger partial charge in [-0.3, -0.25) is 9.78 Å². The molecule has 86 valence electrons. The first-order valence-electron chi connectivity index (χ1n) is 5.16. The van der Waals surface area contributed by atoms with E-state index in [9.17, 15) is 4.79 Å². The molecule has 1 atom stereocenters. The van der Waals surface area contributed by atoms with Crippen LogP contribution in [0.4, 0.5) is 0 Å². The molecule has 1 aromatic rings. The van der Waals surface area contributed by atoms with Gasteiger partial charge in [0.2, 0.25) is 5.91 Å². The molecule has 4 nitrogen and oxygen atoms in total. The lowest BCUT2D eigenvalue weighted by molar-refractivity contribution is -0.139. The van der Waals surface area contributed by atoms with Crippen molar-refractivity contribution in [3.63, 3.8) is 0 Å². The Balaban J connectivity index is 1.79. The molecule has 1 aromatic heterocycles. The fourth-order valence-corrected chi connectivity index (χ4v) is 1.69. The number of hydrogen-bond donors (Lipinski definition) is 0. The fourth-order valence-electron chi connectivity index (χ4n) is 1.55. The highest BCUT2D eigenvalue weighted by Gasteiger charge is 2.33. The molecular formula is C11H13ClN2O2. The van der Waals surface area contributed by atoms with Crippen molar-refractivity contribution in [3.8, 4) is 5.75 Å². The summed E-state index contributed by atoms with van der Waals surface area (Å²) in [4.78, 5) is 17.1. The lowest BCUT2D eigenvalue weighted by Crippen LogP contribution is -2.57. The molecule has 5 heteroatoms. The Morgan fingerprint density at radius 1 is 1.69 bits per heavy atom. The number of alkyl halides is 1. The van der Waals surface area contributed by atoms with Gasteiger partial charge in [-0.1, -0.05) is 0 Å². The van der Waals surface area contributed by atoms with Crippen molar-refractivity contribution >= 4 is 17.5 Å². The number of ether oxygens (including phenoxy) is 1. The third-order valence-electron chi connectivity index (χ3n) is 2.44. The number of amides is 1. The Morgan fingerprint density at radius 3 is 3.00 bits per heavy atom. The first kappa shape index (κ1) is 11.2. The van der Waals surface area contributed by atoms with Crippen LogP contribution in [-0.2, 0) is 4.79 Å². The van der Waals surface area contributed by atoms with Crippen LogP contribution in [0.2, 0.25) is 0 Å². The molecule has 1 aliphatic rings. The van der Waals surface area contributed by atoms with E-state index < -0.39 is 5.38 Å². The number of likely N-dealkylation sites (tertiary alicyclic amines) is 1. The van der Waals surface area contributed by atoms with Crippen LogP contribution in [0.5, 0.6) is 5.75 Å². The number of carbonyl (C=O) groups is 1. The summed E-state index contributed by atoms with van der Waals surface area (Å²) in [6.07, 6.45) is 3.41. The van der Waals surface area contributed by atoms with E-state index in [1.807, 2.05) is 12.1 Å². The maximum atomic E-state index is 11.4. The minimum atomic E-state index is -0.459. The number of carbonyl (C=O) groups excluding carboxylic acids is 1. The quantitative estimate of drug-likeness (QED) is 0.748. The SMILES string of the molecule is CC(Cl)C(=O)N1CC(Oc2cccnc2)C1. The second-order valence-electron chi connectivity index (χ2n) is 3.79. The Labute approximate surface area is 99.2 Å². The van der Waals surface area contributed by atoms with Gasteiger partial charge < -0.3 is 9.64 Å². The zero-order chi connectivity index (χ0) is 11.5. The number of aromatic nitrogens is 1. The van der Waals surface area contributed by atoms with E-state index in [0.717, 1.165) is 5.75 Å². The zero-order valence-corrected chi connectivity index (χ0v) is 9.72. The standard InChI is InChI=1S/C11H13ClN2O2/c1-8(12)11(15)14-6-10(7-14)16-9-3-2-4-13-5-9/h2-5,8,10H,6-7H2,1H3. The van der Waals surface area contributed by atoms with Gasteiger partial charge in [0.15, 0.2) is 0 Å². The number of rotatable bonds is 3. The summed E-state index contributed by atoms with van der Waals surface area (Å²) in [7, 11) is 0. The van der Waals surface area contributed by atoms with Crippen molar-refractivity contribution in [3.05, 3.63) is 24.5 Å². The molecule has 1 amide bonds. The van der Waals surface area contributed by atoms with Crippen LogP contribution in [0.25, 0.3) is 0 Å². The molecular weight excluding hydrogens is 228 g/mol. The minimum Gasteiger partial charge on any atom is -0.485 e. The summed E-state index contributed by atoms with van der Waals surface area (Å²) in [6.45, 7) is 2.88. The molecule has 1 saturated heterocycles. The van der Waals surface area contributed by atoms with Crippen molar-refractivity contribution in [2.45, 2.75) is 18.4 Å². The molecule has 1 fully saturated rings. The lowest BCUT2D eigenvalue weighted by Gasteiger charge is -2.39. The van der Waals surface area contributed by atoms with Crippen molar-refractivity contribution < 1.29 is 9.53 Å². The molecule has 0 bridgehead atoms. The highest BCUT2D eigenvalue weighted by Crippen LogP contribution is 2.18. The largest absolute Gasteiger partial charge is 0.485 e. The van der Waals surface area contributed by atoms with Crippen LogP contribution in [0.3, 0.4) is 0 Å². The van der Waals surface area contributed by atoms with Crippen LogP contribution < -0.4 is 4.74 Å². The predicted molar refractivity (Wildman–Crippen MR) is 60.5 cm³/mol. The minimum absolute atomic E-state index is 0.0345. The average Bonchev–Trinajstić information content (AvgIpc) is 2.23. The lowest BCUT2D eigenvalue weighted by atomic mass is 10.1. The third-order valence-corrected chi connectivity index (χ3v) is 2.62. The van der Waals surface area contributed by atoms with Gasteiger partial charge in [0.1, 0.15) is 17.2 Å². The predicted octanol–water partition coefficient (Wildman–Crippen LogP) is 1.30. The van der Waals surface area contributed by atoms with Crippen LogP contribution in [0, 0.1) is 0 Å². The molecule has 16 heavy (non-hydrogen) atoms. The summed E-state index contributed by atoms with van der Waals surface area (Å²) >= 11 is 5.70. The van der Waals surface area contributed by atoms with E-state index >= 15 is 0 Å². The van der Waals surface area contributed by atoms with Gasteiger partial charge in [-0.05, 0) is 19.1 Å². The topological polar surface area (TPSA) is 42.4 Å². The normalized spacial score (nSPS) is 17.8. The summed E-state index contributed by atoms with van der Waals surface area (Å²) in [5.74, 6) is 0.700. The molecule has 1 aliphatic heterocycles. The molecule has 1 unspecified atom stereocenters. The third kappa shape index (κ3) is 2.44. The Hall–Kier alpha value is -1.29. The zero-order valence-electron chi connectivity index (χ0n) is 8.97. The number of pyridine rings is 1. The summed E-state index contributed by atoms with van der Waals surface area (Å²) < 4.78 is 5.61. The molecule has 0 radical (unpaired) electrons. The highest BCUT2D eigenvalue weighted by molar-refractivity contribution is 6.30. The van der Waals surface area contributed by atoms with E-state index in [1.165, 1.54) is 0 Å². The van der Waals surface area contributed by atoms with E-state index in [-0.39, 0.29) is 12.0 Å². The first-order valence-corrected chi connectivity index (χ1v) is 5.60. The van der Waals surface area contributed by atoms with Gasteiger partial charge in [-0.2, -0.15) is 0 Å². The number of nitrogens with zero attached hydrogens (tertiary/aromatic N) is 2.